The third-order valence-corrected chi connectivity index (χ3v) is 2.83. The molecule has 4 nitrogen and oxygen atoms in total. The number of nitriles is 1. The molecule has 0 spiro atoms. The second-order valence-corrected chi connectivity index (χ2v) is 4.38. The number of benzene rings is 1. The monoisotopic (exact) mass is 273 g/mol. The highest BCUT2D eigenvalue weighted by Gasteiger charge is 2.07. The SMILES string of the molecule is CCCCOC(=O)C=C(C#N)c1ccc(OC)c(C)c1. The maximum absolute atomic E-state index is 11.6. The van der Waals surface area contributed by atoms with Gasteiger partial charge in [-0.05, 0) is 42.7 Å². The first-order valence-corrected chi connectivity index (χ1v) is 6.56. The van der Waals surface area contributed by atoms with E-state index in [1.165, 1.54) is 6.08 Å². The van der Waals surface area contributed by atoms with Crippen molar-refractivity contribution in [2.24, 2.45) is 0 Å². The van der Waals surface area contributed by atoms with Crippen molar-refractivity contribution < 1.29 is 14.3 Å². The molecule has 0 aliphatic rings. The van der Waals surface area contributed by atoms with Crippen LogP contribution in [-0.4, -0.2) is 19.7 Å². The fraction of sp³-hybridized carbons (Fsp3) is 0.375. The number of hydrogen-bond donors (Lipinski definition) is 0. The summed E-state index contributed by atoms with van der Waals surface area (Å²) in [4.78, 5) is 11.6. The lowest BCUT2D eigenvalue weighted by atomic mass is 10.0. The van der Waals surface area contributed by atoms with E-state index in [4.69, 9.17) is 14.7 Å². The molecule has 0 aliphatic heterocycles. The fourth-order valence-corrected chi connectivity index (χ4v) is 1.70. The minimum atomic E-state index is -0.483. The van der Waals surface area contributed by atoms with Crippen molar-refractivity contribution in [2.45, 2.75) is 26.7 Å². The van der Waals surface area contributed by atoms with Crippen LogP contribution in [0.4, 0.5) is 0 Å². The predicted molar refractivity (Wildman–Crippen MR) is 77.2 cm³/mol. The van der Waals surface area contributed by atoms with Gasteiger partial charge < -0.3 is 9.47 Å². The Morgan fingerprint density at radius 1 is 1.45 bits per heavy atom. The molecule has 0 fully saturated rings. The van der Waals surface area contributed by atoms with E-state index < -0.39 is 5.97 Å². The summed E-state index contributed by atoms with van der Waals surface area (Å²) in [6.45, 7) is 4.29. The molecule has 1 aromatic carbocycles. The molecule has 4 heteroatoms. The number of esters is 1. The minimum absolute atomic E-state index is 0.289. The van der Waals surface area contributed by atoms with Gasteiger partial charge in [0.05, 0.1) is 19.3 Å². The standard InChI is InChI=1S/C16H19NO3/c1-4-5-8-20-16(18)10-14(11-17)13-6-7-15(19-3)12(2)9-13/h6-7,9-10H,4-5,8H2,1-3H3. The zero-order valence-corrected chi connectivity index (χ0v) is 12.1. The van der Waals surface area contributed by atoms with E-state index in [2.05, 4.69) is 0 Å². The van der Waals surface area contributed by atoms with E-state index in [0.29, 0.717) is 12.2 Å². The van der Waals surface area contributed by atoms with Crippen molar-refractivity contribution in [3.63, 3.8) is 0 Å². The van der Waals surface area contributed by atoms with Gasteiger partial charge >= 0.3 is 5.97 Å². The maximum Gasteiger partial charge on any atom is 0.332 e. The van der Waals surface area contributed by atoms with Gasteiger partial charge in [0.1, 0.15) is 11.8 Å². The summed E-state index contributed by atoms with van der Waals surface area (Å²) >= 11 is 0. The lowest BCUT2D eigenvalue weighted by Crippen LogP contribution is -2.03. The Labute approximate surface area is 119 Å². The van der Waals surface area contributed by atoms with E-state index in [0.717, 1.165) is 24.2 Å². The van der Waals surface area contributed by atoms with Gasteiger partial charge in [-0.2, -0.15) is 5.26 Å². The quantitative estimate of drug-likeness (QED) is 0.345. The molecule has 0 amide bonds. The Morgan fingerprint density at radius 3 is 2.75 bits per heavy atom. The maximum atomic E-state index is 11.6. The van der Waals surface area contributed by atoms with Gasteiger partial charge in [0.25, 0.3) is 0 Å². The Kier molecular flexibility index (Phi) is 6.31. The zero-order valence-electron chi connectivity index (χ0n) is 12.1. The van der Waals surface area contributed by atoms with Gasteiger partial charge in [0.15, 0.2) is 0 Å². The molecular formula is C16H19NO3. The van der Waals surface area contributed by atoms with Crippen molar-refractivity contribution in [3.05, 3.63) is 35.4 Å². The number of methoxy groups -OCH3 is 1. The van der Waals surface area contributed by atoms with E-state index in [1.807, 2.05) is 26.0 Å². The third-order valence-electron chi connectivity index (χ3n) is 2.83. The number of hydrogen-bond acceptors (Lipinski definition) is 4. The first kappa shape index (κ1) is 15.8. The van der Waals surface area contributed by atoms with Crippen LogP contribution in [0, 0.1) is 18.3 Å². The van der Waals surface area contributed by atoms with Crippen LogP contribution in [0.25, 0.3) is 5.57 Å². The molecule has 0 heterocycles. The molecule has 0 aromatic heterocycles. The van der Waals surface area contributed by atoms with Crippen molar-refractivity contribution in [1.29, 1.82) is 5.26 Å². The highest BCUT2D eigenvalue weighted by atomic mass is 16.5. The number of carbonyl (C=O) groups excluding carboxylic acids is 1. The molecule has 0 atom stereocenters. The molecule has 0 N–H and O–H groups in total. The van der Waals surface area contributed by atoms with Gasteiger partial charge in [-0.25, -0.2) is 4.79 Å². The van der Waals surface area contributed by atoms with Crippen LogP contribution in [0.1, 0.15) is 30.9 Å². The van der Waals surface area contributed by atoms with Crippen LogP contribution >= 0.6 is 0 Å². The number of nitrogens with zero attached hydrogens (tertiary/aromatic N) is 1. The zero-order chi connectivity index (χ0) is 15.0. The molecule has 0 bridgehead atoms. The van der Waals surface area contributed by atoms with Crippen molar-refractivity contribution in [3.8, 4) is 11.8 Å². The third kappa shape index (κ3) is 4.43. The normalized spacial score (nSPS) is 10.8. The lowest BCUT2D eigenvalue weighted by Gasteiger charge is -2.06. The molecular weight excluding hydrogens is 254 g/mol. The molecule has 1 aromatic rings. The fourth-order valence-electron chi connectivity index (χ4n) is 1.70. The minimum Gasteiger partial charge on any atom is -0.496 e. The van der Waals surface area contributed by atoms with Crippen LogP contribution in [-0.2, 0) is 9.53 Å². The van der Waals surface area contributed by atoms with Gasteiger partial charge in [-0.1, -0.05) is 13.3 Å². The highest BCUT2D eigenvalue weighted by molar-refractivity contribution is 5.95. The molecule has 20 heavy (non-hydrogen) atoms. The van der Waals surface area contributed by atoms with Crippen molar-refractivity contribution >= 4 is 11.5 Å². The number of carbonyl (C=O) groups is 1. The summed E-state index contributed by atoms with van der Waals surface area (Å²) in [7, 11) is 1.59. The highest BCUT2D eigenvalue weighted by Crippen LogP contribution is 2.22. The summed E-state index contributed by atoms with van der Waals surface area (Å²) in [5.74, 6) is 0.264. The first-order chi connectivity index (χ1) is 9.62. The smallest absolute Gasteiger partial charge is 0.332 e. The average molecular weight is 273 g/mol. The van der Waals surface area contributed by atoms with E-state index in [9.17, 15) is 4.79 Å². The van der Waals surface area contributed by atoms with E-state index >= 15 is 0 Å². The molecule has 0 radical (unpaired) electrons. The molecule has 0 unspecified atom stereocenters. The Balaban J connectivity index is 2.88. The summed E-state index contributed by atoms with van der Waals surface area (Å²) in [5, 5.41) is 9.16. The number of ether oxygens (including phenoxy) is 2. The first-order valence-electron chi connectivity index (χ1n) is 6.56. The predicted octanol–water partition coefficient (Wildman–Crippen LogP) is 3.25. The molecule has 106 valence electrons. The molecule has 0 aliphatic carbocycles. The number of allylic oxidation sites excluding steroid dienone is 1. The number of aryl methyl sites for hydroxylation is 1. The second-order valence-electron chi connectivity index (χ2n) is 4.38. The number of unbranched alkanes of at least 4 members (excludes halogenated alkanes) is 1. The molecule has 0 saturated carbocycles. The van der Waals surface area contributed by atoms with Crippen LogP contribution in [0.5, 0.6) is 5.75 Å². The largest absolute Gasteiger partial charge is 0.496 e. The molecule has 0 saturated heterocycles. The second kappa shape index (κ2) is 8.00. The summed E-state index contributed by atoms with van der Waals surface area (Å²) < 4.78 is 10.2. The topological polar surface area (TPSA) is 59.3 Å². The Morgan fingerprint density at radius 2 is 2.20 bits per heavy atom. The molecule has 1 rings (SSSR count). The van der Waals surface area contributed by atoms with Gasteiger partial charge in [0.2, 0.25) is 0 Å². The average Bonchev–Trinajstić information content (AvgIpc) is 2.45. The van der Waals surface area contributed by atoms with Gasteiger partial charge in [0, 0.05) is 6.08 Å². The van der Waals surface area contributed by atoms with Gasteiger partial charge in [-0.15, -0.1) is 0 Å². The van der Waals surface area contributed by atoms with Crippen LogP contribution in [0.3, 0.4) is 0 Å². The Bertz CT molecular complexity index is 541. The van der Waals surface area contributed by atoms with Crippen LogP contribution in [0.2, 0.25) is 0 Å². The van der Waals surface area contributed by atoms with Crippen LogP contribution in [0.15, 0.2) is 24.3 Å². The summed E-state index contributed by atoms with van der Waals surface area (Å²) in [5.41, 5.74) is 1.88. The van der Waals surface area contributed by atoms with Crippen LogP contribution < -0.4 is 4.74 Å². The summed E-state index contributed by atoms with van der Waals surface area (Å²) in [6, 6.07) is 7.36. The lowest BCUT2D eigenvalue weighted by molar-refractivity contribution is -0.137. The van der Waals surface area contributed by atoms with E-state index in [1.54, 1.807) is 19.2 Å². The number of rotatable bonds is 6. The van der Waals surface area contributed by atoms with Gasteiger partial charge in [-0.3, -0.25) is 0 Å². The van der Waals surface area contributed by atoms with E-state index in [-0.39, 0.29) is 5.57 Å². The summed E-state index contributed by atoms with van der Waals surface area (Å²) in [6.07, 6.45) is 3.01. The van der Waals surface area contributed by atoms with Crippen molar-refractivity contribution in [1.82, 2.24) is 0 Å². The van der Waals surface area contributed by atoms with Crippen molar-refractivity contribution in [2.75, 3.05) is 13.7 Å². The Hall–Kier alpha value is -2.28.